The summed E-state index contributed by atoms with van der Waals surface area (Å²) in [6.45, 7) is 5.19. The molecular formula is C18H19ClN6O3. The number of amides is 4. The van der Waals surface area contributed by atoms with Crippen LogP contribution in [0.2, 0.25) is 5.02 Å². The highest BCUT2D eigenvalue weighted by Gasteiger charge is 2.49. The van der Waals surface area contributed by atoms with E-state index >= 15 is 0 Å². The number of barbiturate groups is 1. The maximum absolute atomic E-state index is 12.9. The van der Waals surface area contributed by atoms with Crippen molar-refractivity contribution in [2.45, 2.75) is 5.54 Å². The molecule has 0 saturated carbocycles. The van der Waals surface area contributed by atoms with Gasteiger partial charge in [-0.05, 0) is 24.3 Å². The van der Waals surface area contributed by atoms with Crippen molar-refractivity contribution in [3.63, 3.8) is 0 Å². The Morgan fingerprint density at radius 2 is 1.57 bits per heavy atom. The number of hydrogen-bond acceptors (Lipinski definition) is 7. The molecule has 1 aromatic carbocycles. The summed E-state index contributed by atoms with van der Waals surface area (Å²) in [5.74, 6) is -2.39. The number of aliphatic imine (C=N–C) groups is 1. The number of hydrogen-bond donors (Lipinski definition) is 1. The summed E-state index contributed by atoms with van der Waals surface area (Å²) in [7, 11) is 0. The first-order valence-electron chi connectivity index (χ1n) is 9.09. The molecule has 6 rings (SSSR count). The average Bonchev–Trinajstić information content (AvgIpc) is 2.61. The van der Waals surface area contributed by atoms with Crippen molar-refractivity contribution < 1.29 is 14.4 Å². The van der Waals surface area contributed by atoms with Gasteiger partial charge in [0.1, 0.15) is 0 Å². The van der Waals surface area contributed by atoms with E-state index in [1.807, 2.05) is 0 Å². The van der Waals surface area contributed by atoms with Crippen LogP contribution in [0.1, 0.15) is 0 Å². The number of imide groups is 2. The second-order valence-corrected chi connectivity index (χ2v) is 8.27. The molecule has 0 aliphatic carbocycles. The lowest BCUT2D eigenvalue weighted by atomic mass is 9.91. The van der Waals surface area contributed by atoms with Gasteiger partial charge in [0.2, 0.25) is 5.91 Å². The molecule has 5 aliphatic rings. The fourth-order valence-electron chi connectivity index (χ4n) is 4.59. The summed E-state index contributed by atoms with van der Waals surface area (Å²) in [5, 5.41) is 2.74. The Hall–Kier alpha value is -2.33. The van der Waals surface area contributed by atoms with Crippen LogP contribution in [-0.2, 0) is 9.59 Å². The van der Waals surface area contributed by atoms with E-state index in [0.717, 1.165) is 44.5 Å². The first-order valence-corrected chi connectivity index (χ1v) is 9.47. The van der Waals surface area contributed by atoms with Crippen molar-refractivity contribution in [1.82, 2.24) is 20.0 Å². The highest BCUT2D eigenvalue weighted by molar-refractivity contribution is 6.33. The summed E-state index contributed by atoms with van der Waals surface area (Å²) in [5.41, 5.74) is 0.0120. The van der Waals surface area contributed by atoms with Crippen LogP contribution < -0.4 is 10.2 Å². The first-order chi connectivity index (χ1) is 13.4. The van der Waals surface area contributed by atoms with E-state index in [2.05, 4.69) is 20.0 Å². The van der Waals surface area contributed by atoms with Gasteiger partial charge in [-0.2, -0.15) is 0 Å². The Morgan fingerprint density at radius 3 is 2.14 bits per heavy atom. The lowest BCUT2D eigenvalue weighted by Crippen LogP contribution is -2.75. The van der Waals surface area contributed by atoms with Crippen molar-refractivity contribution in [3.8, 4) is 0 Å². The zero-order valence-electron chi connectivity index (χ0n) is 15.0. The molecule has 1 N–H and O–H groups in total. The normalized spacial score (nSPS) is 37.0. The van der Waals surface area contributed by atoms with E-state index in [4.69, 9.17) is 16.6 Å². The standard InChI is InChI=1S/C18H19ClN6O3/c19-12-1-3-13(4-2-12)25-16(27)14(15(26)21-17(25)28)5-20-18-6-22-9-23(7-18)11-24(8-18)10-22/h1-5,14H,6-11H2,(H,21,26,28)/t14-/m1/s1. The predicted octanol–water partition coefficient (Wildman–Crippen LogP) is 0.168. The highest BCUT2D eigenvalue weighted by atomic mass is 35.5. The fraction of sp³-hybridized carbons (Fsp3) is 0.444. The van der Waals surface area contributed by atoms with E-state index in [0.29, 0.717) is 10.7 Å². The first kappa shape index (κ1) is 17.7. The zero-order chi connectivity index (χ0) is 19.5. The summed E-state index contributed by atoms with van der Waals surface area (Å²) < 4.78 is 0. The van der Waals surface area contributed by atoms with Crippen LogP contribution in [-0.4, -0.2) is 83.9 Å². The molecule has 10 heteroatoms. The van der Waals surface area contributed by atoms with Crippen molar-refractivity contribution in [2.24, 2.45) is 10.9 Å². The Labute approximate surface area is 166 Å². The number of urea groups is 1. The number of nitrogens with one attached hydrogen (secondary N) is 1. The van der Waals surface area contributed by atoms with Gasteiger partial charge < -0.3 is 0 Å². The third-order valence-electron chi connectivity index (χ3n) is 5.54. The minimum Gasteiger partial charge on any atom is -0.285 e. The molecule has 0 unspecified atom stereocenters. The molecule has 5 saturated heterocycles. The van der Waals surface area contributed by atoms with E-state index in [-0.39, 0.29) is 5.54 Å². The maximum Gasteiger partial charge on any atom is 0.335 e. The number of rotatable bonds is 3. The predicted molar refractivity (Wildman–Crippen MR) is 102 cm³/mol. The van der Waals surface area contributed by atoms with Gasteiger partial charge in [0, 0.05) is 30.9 Å². The smallest absolute Gasteiger partial charge is 0.285 e. The van der Waals surface area contributed by atoms with E-state index in [1.54, 1.807) is 24.3 Å². The zero-order valence-corrected chi connectivity index (χ0v) is 15.8. The van der Waals surface area contributed by atoms with Crippen LogP contribution in [0.5, 0.6) is 0 Å². The molecule has 1 aromatic rings. The monoisotopic (exact) mass is 402 g/mol. The van der Waals surface area contributed by atoms with Crippen molar-refractivity contribution >= 4 is 41.3 Å². The van der Waals surface area contributed by atoms with Crippen molar-refractivity contribution in [2.75, 3.05) is 44.5 Å². The molecule has 4 amide bonds. The van der Waals surface area contributed by atoms with Gasteiger partial charge in [-0.1, -0.05) is 11.6 Å². The molecule has 4 bridgehead atoms. The van der Waals surface area contributed by atoms with Crippen LogP contribution in [0.25, 0.3) is 0 Å². The van der Waals surface area contributed by atoms with Crippen LogP contribution in [0.15, 0.2) is 29.3 Å². The van der Waals surface area contributed by atoms with E-state index in [9.17, 15) is 14.4 Å². The number of anilines is 1. The van der Waals surface area contributed by atoms with Gasteiger partial charge >= 0.3 is 6.03 Å². The van der Waals surface area contributed by atoms with Crippen LogP contribution in [0, 0.1) is 5.92 Å². The largest absolute Gasteiger partial charge is 0.335 e. The Morgan fingerprint density at radius 1 is 1.00 bits per heavy atom. The molecule has 5 fully saturated rings. The minimum atomic E-state index is -1.14. The Kier molecular flexibility index (Phi) is 4.02. The van der Waals surface area contributed by atoms with Crippen LogP contribution >= 0.6 is 11.6 Å². The van der Waals surface area contributed by atoms with E-state index in [1.165, 1.54) is 6.21 Å². The SMILES string of the molecule is O=C1NC(=O)N(c2ccc(Cl)cc2)C(=O)[C@@H]1C=NC12CN3CN(CN(C3)C1)C2. The van der Waals surface area contributed by atoms with Crippen LogP contribution in [0.3, 0.4) is 0 Å². The van der Waals surface area contributed by atoms with Gasteiger partial charge in [-0.15, -0.1) is 0 Å². The molecule has 9 nitrogen and oxygen atoms in total. The summed E-state index contributed by atoms with van der Waals surface area (Å²) in [6, 6.07) is 5.54. The fourth-order valence-corrected chi connectivity index (χ4v) is 4.72. The van der Waals surface area contributed by atoms with Gasteiger partial charge in [-0.25, -0.2) is 9.69 Å². The summed E-state index contributed by atoms with van der Waals surface area (Å²) >= 11 is 5.88. The van der Waals surface area contributed by atoms with Gasteiger partial charge in [0.25, 0.3) is 5.91 Å². The number of benzene rings is 1. The number of halogens is 1. The number of carbonyl (C=O) groups excluding carboxylic acids is 3. The average molecular weight is 403 g/mol. The summed E-state index contributed by atoms with van der Waals surface area (Å²) in [4.78, 5) is 50.1. The molecule has 28 heavy (non-hydrogen) atoms. The molecule has 1 atom stereocenters. The maximum atomic E-state index is 12.9. The molecular weight excluding hydrogens is 384 g/mol. The van der Waals surface area contributed by atoms with E-state index < -0.39 is 23.8 Å². The van der Waals surface area contributed by atoms with Gasteiger partial charge in [0.05, 0.1) is 31.2 Å². The molecule has 146 valence electrons. The Bertz CT molecular complexity index is 851. The van der Waals surface area contributed by atoms with Gasteiger partial charge in [-0.3, -0.25) is 34.6 Å². The summed E-state index contributed by atoms with van der Waals surface area (Å²) in [6.07, 6.45) is 1.42. The molecule has 0 radical (unpaired) electrons. The van der Waals surface area contributed by atoms with Crippen molar-refractivity contribution in [3.05, 3.63) is 29.3 Å². The molecule has 5 aliphatic heterocycles. The third kappa shape index (κ3) is 2.91. The van der Waals surface area contributed by atoms with Crippen LogP contribution in [0.4, 0.5) is 10.5 Å². The second-order valence-electron chi connectivity index (χ2n) is 7.84. The minimum absolute atomic E-state index is 0.345. The second kappa shape index (κ2) is 6.35. The topological polar surface area (TPSA) is 88.6 Å². The quantitative estimate of drug-likeness (QED) is 0.572. The molecule has 5 heterocycles. The number of nitrogens with zero attached hydrogens (tertiary/aromatic N) is 5. The number of carbonyl (C=O) groups is 3. The van der Waals surface area contributed by atoms with Gasteiger partial charge in [0.15, 0.2) is 5.92 Å². The third-order valence-corrected chi connectivity index (χ3v) is 5.79. The van der Waals surface area contributed by atoms with Crippen molar-refractivity contribution in [1.29, 1.82) is 0 Å². The Balaban J connectivity index is 1.40. The lowest BCUT2D eigenvalue weighted by molar-refractivity contribution is -0.139. The highest BCUT2D eigenvalue weighted by Crippen LogP contribution is 2.32. The molecule has 0 aromatic heterocycles. The molecule has 0 spiro atoms. The lowest BCUT2D eigenvalue weighted by Gasteiger charge is -2.59.